The lowest BCUT2D eigenvalue weighted by Crippen LogP contribution is -2.28. The van der Waals surface area contributed by atoms with Gasteiger partial charge in [-0.25, -0.2) is 8.42 Å². The van der Waals surface area contributed by atoms with E-state index in [4.69, 9.17) is 4.74 Å². The third kappa shape index (κ3) is 5.08. The van der Waals surface area contributed by atoms with Crippen molar-refractivity contribution >= 4 is 38.6 Å². The molecule has 0 saturated heterocycles. The fourth-order valence-corrected chi connectivity index (χ4v) is 5.50. The minimum Gasteiger partial charge on any atom is -0.494 e. The van der Waals surface area contributed by atoms with Crippen LogP contribution < -0.4 is 14.4 Å². The maximum atomic E-state index is 13.2. The molecule has 3 rings (SSSR count). The first kappa shape index (κ1) is 22.8. The highest BCUT2D eigenvalue weighted by molar-refractivity contribution is 7.93. The number of carbonyl (C=O) groups excluding carboxylic acids is 1. The van der Waals surface area contributed by atoms with Gasteiger partial charge in [-0.3, -0.25) is 9.10 Å². The predicted octanol–water partition coefficient (Wildman–Crippen LogP) is 5.35. The molecule has 0 atom stereocenters. The van der Waals surface area contributed by atoms with E-state index < -0.39 is 15.9 Å². The van der Waals surface area contributed by atoms with Crippen LogP contribution in [-0.2, 0) is 10.0 Å². The van der Waals surface area contributed by atoms with Crippen LogP contribution in [0.5, 0.6) is 5.75 Å². The maximum absolute atomic E-state index is 13.2. The second-order valence-electron chi connectivity index (χ2n) is 7.24. The zero-order valence-corrected chi connectivity index (χ0v) is 19.6. The number of hydrogen-bond donors (Lipinski definition) is 1. The predicted molar refractivity (Wildman–Crippen MR) is 126 cm³/mol. The van der Waals surface area contributed by atoms with E-state index >= 15 is 0 Å². The lowest BCUT2D eigenvalue weighted by Gasteiger charge is -2.20. The number of sulfonamides is 1. The molecule has 2 aromatic carbocycles. The Hall–Kier alpha value is -2.84. The van der Waals surface area contributed by atoms with E-state index in [0.29, 0.717) is 29.6 Å². The van der Waals surface area contributed by atoms with Crippen molar-refractivity contribution in [3.05, 3.63) is 70.4 Å². The van der Waals surface area contributed by atoms with Crippen LogP contribution in [-0.4, -0.2) is 28.0 Å². The van der Waals surface area contributed by atoms with Crippen molar-refractivity contribution in [3.8, 4) is 5.75 Å². The molecular weight excluding hydrogens is 432 g/mol. The van der Waals surface area contributed by atoms with Crippen molar-refractivity contribution in [3.63, 3.8) is 0 Å². The second-order valence-corrected chi connectivity index (χ2v) is 10.1. The number of amides is 1. The molecule has 1 amide bonds. The number of thiophene rings is 1. The Morgan fingerprint density at radius 3 is 2.29 bits per heavy atom. The van der Waals surface area contributed by atoms with Crippen LogP contribution >= 0.6 is 11.3 Å². The lowest BCUT2D eigenvalue weighted by molar-refractivity contribution is 0.102. The van der Waals surface area contributed by atoms with Gasteiger partial charge in [0.1, 0.15) is 15.5 Å². The Bertz CT molecular complexity index is 1140. The second kappa shape index (κ2) is 9.53. The van der Waals surface area contributed by atoms with Crippen molar-refractivity contribution < 1.29 is 17.9 Å². The molecule has 1 heterocycles. The average molecular weight is 459 g/mol. The molecule has 3 aromatic rings. The van der Waals surface area contributed by atoms with Gasteiger partial charge in [0.05, 0.1) is 12.3 Å². The molecular formula is C23H26N2O4S2. The monoisotopic (exact) mass is 458 g/mol. The van der Waals surface area contributed by atoms with Crippen LogP contribution in [0.25, 0.3) is 0 Å². The molecule has 0 unspecified atom stereocenters. The van der Waals surface area contributed by atoms with E-state index in [9.17, 15) is 13.2 Å². The van der Waals surface area contributed by atoms with E-state index in [2.05, 4.69) is 19.2 Å². The number of ether oxygens (including phenoxy) is 1. The average Bonchev–Trinajstić information content (AvgIpc) is 3.25. The zero-order valence-electron chi connectivity index (χ0n) is 18.0. The number of nitrogens with zero attached hydrogens (tertiary/aromatic N) is 1. The number of hydrogen-bond acceptors (Lipinski definition) is 5. The molecule has 0 radical (unpaired) electrons. The third-order valence-corrected chi connectivity index (χ3v) is 7.69. The normalized spacial score (nSPS) is 11.4. The standard InChI is InChI=1S/C23H26N2O4S2/c1-5-29-20-12-10-19(11-13-20)25(4)31(27,28)21-14-15-30-22(21)23(26)24-18-8-6-17(7-9-18)16(2)3/h6-16H,5H2,1-4H3,(H,24,26). The molecule has 0 bridgehead atoms. The summed E-state index contributed by atoms with van der Waals surface area (Å²) >= 11 is 1.10. The van der Waals surface area contributed by atoms with Gasteiger partial charge >= 0.3 is 0 Å². The van der Waals surface area contributed by atoms with Crippen molar-refractivity contribution in [1.29, 1.82) is 0 Å². The highest BCUT2D eigenvalue weighted by atomic mass is 32.2. The molecule has 1 aromatic heterocycles. The third-order valence-electron chi connectivity index (χ3n) is 4.82. The first-order valence-electron chi connectivity index (χ1n) is 9.94. The molecule has 164 valence electrons. The Kier molecular flexibility index (Phi) is 7.02. The van der Waals surface area contributed by atoms with Crippen molar-refractivity contribution in [2.45, 2.75) is 31.6 Å². The van der Waals surface area contributed by atoms with Crippen molar-refractivity contribution in [1.82, 2.24) is 0 Å². The summed E-state index contributed by atoms with van der Waals surface area (Å²) in [7, 11) is -2.45. The van der Waals surface area contributed by atoms with Gasteiger partial charge < -0.3 is 10.1 Å². The van der Waals surface area contributed by atoms with E-state index in [1.165, 1.54) is 17.4 Å². The summed E-state index contributed by atoms with van der Waals surface area (Å²) in [6.45, 7) is 6.60. The largest absolute Gasteiger partial charge is 0.494 e. The molecule has 0 aliphatic carbocycles. The van der Waals surface area contributed by atoms with Gasteiger partial charge in [0, 0.05) is 12.7 Å². The molecule has 0 spiro atoms. The smallest absolute Gasteiger partial charge is 0.267 e. The molecule has 0 aliphatic rings. The molecule has 1 N–H and O–H groups in total. The summed E-state index contributed by atoms with van der Waals surface area (Å²) < 4.78 is 33.0. The Balaban J connectivity index is 1.82. The molecule has 0 fully saturated rings. The maximum Gasteiger partial charge on any atom is 0.267 e. The van der Waals surface area contributed by atoms with E-state index in [1.54, 1.807) is 29.6 Å². The molecule has 8 heteroatoms. The first-order valence-corrected chi connectivity index (χ1v) is 12.3. The van der Waals surface area contributed by atoms with E-state index in [0.717, 1.165) is 16.9 Å². The van der Waals surface area contributed by atoms with Gasteiger partial charge in [-0.1, -0.05) is 26.0 Å². The number of benzene rings is 2. The summed E-state index contributed by atoms with van der Waals surface area (Å²) in [6.07, 6.45) is 0. The Labute approximate surface area is 187 Å². The number of carbonyl (C=O) groups is 1. The van der Waals surface area contributed by atoms with Crippen LogP contribution in [0.3, 0.4) is 0 Å². The number of nitrogens with one attached hydrogen (secondary N) is 1. The van der Waals surface area contributed by atoms with E-state index in [-0.39, 0.29) is 9.77 Å². The van der Waals surface area contributed by atoms with Crippen LogP contribution in [0.15, 0.2) is 64.9 Å². The van der Waals surface area contributed by atoms with Gasteiger partial charge in [0.15, 0.2) is 0 Å². The van der Waals surface area contributed by atoms with Crippen molar-refractivity contribution in [2.24, 2.45) is 0 Å². The van der Waals surface area contributed by atoms with Crippen LogP contribution in [0.4, 0.5) is 11.4 Å². The first-order chi connectivity index (χ1) is 14.7. The van der Waals surface area contributed by atoms with Crippen LogP contribution in [0, 0.1) is 0 Å². The Morgan fingerprint density at radius 2 is 1.71 bits per heavy atom. The van der Waals surface area contributed by atoms with Gasteiger partial charge in [-0.2, -0.15) is 0 Å². The minimum absolute atomic E-state index is 0.0230. The highest BCUT2D eigenvalue weighted by Crippen LogP contribution is 2.29. The summed E-state index contributed by atoms with van der Waals surface area (Å²) in [5, 5.41) is 4.40. The summed E-state index contributed by atoms with van der Waals surface area (Å²) in [5.74, 6) is 0.596. The number of anilines is 2. The molecule has 6 nitrogen and oxygen atoms in total. The van der Waals surface area contributed by atoms with Crippen LogP contribution in [0.1, 0.15) is 41.9 Å². The topological polar surface area (TPSA) is 75.7 Å². The molecule has 0 saturated carbocycles. The van der Waals surface area contributed by atoms with Gasteiger partial charge in [-0.15, -0.1) is 11.3 Å². The fraction of sp³-hybridized carbons (Fsp3) is 0.261. The van der Waals surface area contributed by atoms with E-state index in [1.807, 2.05) is 31.2 Å². The fourth-order valence-electron chi connectivity index (χ4n) is 3.01. The zero-order chi connectivity index (χ0) is 22.6. The Morgan fingerprint density at radius 1 is 1.06 bits per heavy atom. The summed E-state index contributed by atoms with van der Waals surface area (Å²) in [4.78, 5) is 13.0. The van der Waals surface area contributed by atoms with Gasteiger partial charge in [0.2, 0.25) is 0 Å². The summed E-state index contributed by atoms with van der Waals surface area (Å²) in [6, 6.07) is 15.8. The highest BCUT2D eigenvalue weighted by Gasteiger charge is 2.28. The molecule has 31 heavy (non-hydrogen) atoms. The lowest BCUT2D eigenvalue weighted by atomic mass is 10.0. The number of rotatable bonds is 8. The van der Waals surface area contributed by atoms with Gasteiger partial charge in [0.25, 0.3) is 15.9 Å². The van der Waals surface area contributed by atoms with Crippen molar-refractivity contribution in [2.75, 3.05) is 23.3 Å². The quantitative estimate of drug-likeness (QED) is 0.494. The van der Waals surface area contributed by atoms with Crippen LogP contribution in [0.2, 0.25) is 0 Å². The summed E-state index contributed by atoms with van der Waals surface area (Å²) in [5.41, 5.74) is 2.26. The van der Waals surface area contributed by atoms with Gasteiger partial charge in [-0.05, 0) is 66.2 Å². The molecule has 0 aliphatic heterocycles. The SMILES string of the molecule is CCOc1ccc(N(C)S(=O)(=O)c2ccsc2C(=O)Nc2ccc(C(C)C)cc2)cc1. The minimum atomic E-state index is -3.92.